The highest BCUT2D eigenvalue weighted by molar-refractivity contribution is 5.55. The summed E-state index contributed by atoms with van der Waals surface area (Å²) in [7, 11) is 0. The van der Waals surface area contributed by atoms with Gasteiger partial charge in [-0.05, 0) is 49.9 Å². The molecule has 2 aliphatic rings. The summed E-state index contributed by atoms with van der Waals surface area (Å²) >= 11 is 0. The van der Waals surface area contributed by atoms with E-state index >= 15 is 0 Å². The van der Waals surface area contributed by atoms with Gasteiger partial charge in [0.25, 0.3) is 0 Å². The van der Waals surface area contributed by atoms with Crippen molar-refractivity contribution in [2.75, 3.05) is 13.2 Å². The van der Waals surface area contributed by atoms with Crippen LogP contribution in [0.1, 0.15) is 42.5 Å². The Balaban J connectivity index is 1.45. The number of ether oxygens (including phenoxy) is 3. The molecule has 1 saturated heterocycles. The lowest BCUT2D eigenvalue weighted by atomic mass is 9.88. The van der Waals surface area contributed by atoms with Gasteiger partial charge in [-0.15, -0.1) is 0 Å². The van der Waals surface area contributed by atoms with Gasteiger partial charge in [-0.3, -0.25) is 0 Å². The van der Waals surface area contributed by atoms with Gasteiger partial charge >= 0.3 is 0 Å². The zero-order chi connectivity index (χ0) is 18.0. The SMILES string of the molecule is Cc1ccc(Oc2cccc(C=C3CCC4(CC3)OCCO4)c2)nc1C. The Hall–Kier alpha value is -2.17. The first-order valence-corrected chi connectivity index (χ1v) is 9.31. The van der Waals surface area contributed by atoms with Gasteiger partial charge in [-0.1, -0.05) is 29.8 Å². The molecule has 2 heterocycles. The summed E-state index contributed by atoms with van der Waals surface area (Å²) in [5, 5.41) is 0. The number of aryl methyl sites for hydroxylation is 2. The Kier molecular flexibility index (Phi) is 4.79. The summed E-state index contributed by atoms with van der Waals surface area (Å²) in [4.78, 5) is 4.49. The number of benzene rings is 1. The molecule has 1 aromatic carbocycles. The molecule has 0 amide bonds. The minimum Gasteiger partial charge on any atom is -0.439 e. The number of nitrogens with zero attached hydrogens (tertiary/aromatic N) is 1. The minimum absolute atomic E-state index is 0.308. The van der Waals surface area contributed by atoms with Crippen molar-refractivity contribution in [3.63, 3.8) is 0 Å². The average Bonchev–Trinajstić information content (AvgIpc) is 3.09. The summed E-state index contributed by atoms with van der Waals surface area (Å²) in [6.07, 6.45) is 6.19. The molecule has 2 fully saturated rings. The van der Waals surface area contributed by atoms with E-state index in [-0.39, 0.29) is 5.79 Å². The zero-order valence-corrected chi connectivity index (χ0v) is 15.5. The lowest BCUT2D eigenvalue weighted by molar-refractivity contribution is -0.171. The van der Waals surface area contributed by atoms with Crippen molar-refractivity contribution in [3.8, 4) is 11.6 Å². The Morgan fingerprint density at radius 2 is 1.81 bits per heavy atom. The van der Waals surface area contributed by atoms with Gasteiger partial charge in [-0.2, -0.15) is 0 Å². The van der Waals surface area contributed by atoms with Crippen LogP contribution in [0, 0.1) is 13.8 Å². The smallest absolute Gasteiger partial charge is 0.219 e. The van der Waals surface area contributed by atoms with Gasteiger partial charge in [0.15, 0.2) is 5.79 Å². The van der Waals surface area contributed by atoms with Gasteiger partial charge < -0.3 is 14.2 Å². The van der Waals surface area contributed by atoms with Crippen LogP contribution < -0.4 is 4.74 Å². The molecule has 0 bridgehead atoms. The molecular formula is C22H25NO3. The molecule has 1 spiro atoms. The molecule has 4 rings (SSSR count). The maximum atomic E-state index is 5.94. The lowest BCUT2D eigenvalue weighted by Gasteiger charge is -2.32. The highest BCUT2D eigenvalue weighted by atomic mass is 16.7. The van der Waals surface area contributed by atoms with Crippen molar-refractivity contribution in [2.45, 2.75) is 45.3 Å². The van der Waals surface area contributed by atoms with Crippen molar-refractivity contribution in [2.24, 2.45) is 0 Å². The number of allylic oxidation sites excluding steroid dienone is 1. The van der Waals surface area contributed by atoms with Crippen LogP contribution in [-0.2, 0) is 9.47 Å². The summed E-state index contributed by atoms with van der Waals surface area (Å²) in [5.41, 5.74) is 4.76. The molecule has 1 aliphatic heterocycles. The van der Waals surface area contributed by atoms with Crippen molar-refractivity contribution < 1.29 is 14.2 Å². The molecule has 26 heavy (non-hydrogen) atoms. The third-order valence-electron chi connectivity index (χ3n) is 5.24. The maximum Gasteiger partial charge on any atom is 0.219 e. The first-order valence-electron chi connectivity index (χ1n) is 9.31. The van der Waals surface area contributed by atoms with Crippen LogP contribution in [0.5, 0.6) is 11.6 Å². The normalized spacial score (nSPS) is 18.9. The second-order valence-corrected chi connectivity index (χ2v) is 7.14. The molecular weight excluding hydrogens is 326 g/mol. The fourth-order valence-corrected chi connectivity index (χ4v) is 3.57. The topological polar surface area (TPSA) is 40.6 Å². The Morgan fingerprint density at radius 3 is 2.54 bits per heavy atom. The number of hydrogen-bond donors (Lipinski definition) is 0. The van der Waals surface area contributed by atoms with E-state index in [4.69, 9.17) is 14.2 Å². The maximum absolute atomic E-state index is 5.94. The predicted molar refractivity (Wildman–Crippen MR) is 101 cm³/mol. The van der Waals surface area contributed by atoms with E-state index in [1.807, 2.05) is 31.2 Å². The number of hydrogen-bond acceptors (Lipinski definition) is 4. The molecule has 2 aromatic rings. The van der Waals surface area contributed by atoms with Crippen LogP contribution in [0.4, 0.5) is 0 Å². The molecule has 1 aromatic heterocycles. The van der Waals surface area contributed by atoms with E-state index < -0.39 is 0 Å². The van der Waals surface area contributed by atoms with Gasteiger partial charge in [0.1, 0.15) is 5.75 Å². The summed E-state index contributed by atoms with van der Waals surface area (Å²) in [6, 6.07) is 12.1. The Morgan fingerprint density at radius 1 is 1.04 bits per heavy atom. The Labute approximate surface area is 154 Å². The average molecular weight is 351 g/mol. The van der Waals surface area contributed by atoms with E-state index in [0.717, 1.165) is 55.9 Å². The molecule has 0 unspecified atom stereocenters. The molecule has 0 radical (unpaired) electrons. The summed E-state index contributed by atoms with van der Waals surface area (Å²) < 4.78 is 17.6. The van der Waals surface area contributed by atoms with Crippen LogP contribution in [0.3, 0.4) is 0 Å². The van der Waals surface area contributed by atoms with Gasteiger partial charge in [-0.25, -0.2) is 4.98 Å². The van der Waals surface area contributed by atoms with Crippen molar-refractivity contribution in [1.82, 2.24) is 4.98 Å². The second kappa shape index (κ2) is 7.22. The second-order valence-electron chi connectivity index (χ2n) is 7.14. The van der Waals surface area contributed by atoms with Crippen molar-refractivity contribution >= 4 is 6.08 Å². The number of aromatic nitrogens is 1. The van der Waals surface area contributed by atoms with Crippen LogP contribution in [0.2, 0.25) is 0 Å². The zero-order valence-electron chi connectivity index (χ0n) is 15.5. The van der Waals surface area contributed by atoms with Crippen LogP contribution in [-0.4, -0.2) is 24.0 Å². The lowest BCUT2D eigenvalue weighted by Crippen LogP contribution is -2.33. The Bertz CT molecular complexity index is 810. The summed E-state index contributed by atoms with van der Waals surface area (Å²) in [5.74, 6) is 1.13. The number of rotatable bonds is 3. The molecule has 0 N–H and O–H groups in total. The van der Waals surface area contributed by atoms with Crippen LogP contribution in [0.25, 0.3) is 6.08 Å². The van der Waals surface area contributed by atoms with Crippen LogP contribution in [0.15, 0.2) is 42.0 Å². The quantitative estimate of drug-likeness (QED) is 0.763. The third kappa shape index (κ3) is 3.81. The van der Waals surface area contributed by atoms with E-state index in [2.05, 4.69) is 30.1 Å². The minimum atomic E-state index is -0.308. The van der Waals surface area contributed by atoms with E-state index in [1.54, 1.807) is 0 Å². The fraction of sp³-hybridized carbons (Fsp3) is 0.409. The molecule has 0 atom stereocenters. The monoisotopic (exact) mass is 351 g/mol. The molecule has 136 valence electrons. The van der Waals surface area contributed by atoms with E-state index in [0.29, 0.717) is 5.88 Å². The first-order chi connectivity index (χ1) is 12.6. The first kappa shape index (κ1) is 17.3. The standard InChI is InChI=1S/C22H25NO3/c1-16-6-7-21(23-17(16)2)26-20-5-3-4-19(15-20)14-18-8-10-22(11-9-18)24-12-13-25-22/h3-7,14-15H,8-13H2,1-2H3. The highest BCUT2D eigenvalue weighted by Gasteiger charge is 2.38. The van der Waals surface area contributed by atoms with Crippen molar-refractivity contribution in [3.05, 3.63) is 58.8 Å². The fourth-order valence-electron chi connectivity index (χ4n) is 3.57. The molecule has 4 nitrogen and oxygen atoms in total. The van der Waals surface area contributed by atoms with E-state index in [9.17, 15) is 0 Å². The van der Waals surface area contributed by atoms with Crippen LogP contribution >= 0.6 is 0 Å². The van der Waals surface area contributed by atoms with Gasteiger partial charge in [0.05, 0.1) is 13.2 Å². The molecule has 4 heteroatoms. The third-order valence-corrected chi connectivity index (χ3v) is 5.24. The number of pyridine rings is 1. The van der Waals surface area contributed by atoms with Gasteiger partial charge in [0, 0.05) is 24.6 Å². The predicted octanol–water partition coefficient (Wildman–Crippen LogP) is 5.19. The van der Waals surface area contributed by atoms with Crippen molar-refractivity contribution in [1.29, 1.82) is 0 Å². The molecule has 1 aliphatic carbocycles. The summed E-state index contributed by atoms with van der Waals surface area (Å²) in [6.45, 7) is 5.50. The molecule has 1 saturated carbocycles. The highest BCUT2D eigenvalue weighted by Crippen LogP contribution is 2.38. The van der Waals surface area contributed by atoms with E-state index in [1.165, 1.54) is 11.1 Å². The largest absolute Gasteiger partial charge is 0.439 e. The van der Waals surface area contributed by atoms with Gasteiger partial charge in [0.2, 0.25) is 5.88 Å².